The SMILES string of the molecule is COCCN(C)CCn1cc(Cn2ccnn2)c(=O)c2cc(NC3Cc4ccccc4C3)cnc21. The monoisotopic (exact) mass is 473 g/mol. The molecule has 1 aliphatic rings. The quantitative estimate of drug-likeness (QED) is 0.378. The van der Waals surface area contributed by atoms with Crippen LogP contribution in [0.25, 0.3) is 11.0 Å². The Morgan fingerprint density at radius 1 is 1.20 bits per heavy atom. The summed E-state index contributed by atoms with van der Waals surface area (Å²) in [6.07, 6.45) is 9.07. The van der Waals surface area contributed by atoms with Crippen LogP contribution in [0, 0.1) is 0 Å². The fraction of sp³-hybridized carbons (Fsp3) is 0.385. The van der Waals surface area contributed by atoms with Crippen molar-refractivity contribution in [2.45, 2.75) is 32.0 Å². The second-order valence-corrected chi connectivity index (χ2v) is 9.19. The van der Waals surface area contributed by atoms with Crippen LogP contribution in [0.3, 0.4) is 0 Å². The Bertz CT molecular complexity index is 1320. The van der Waals surface area contributed by atoms with Crippen LogP contribution >= 0.6 is 0 Å². The van der Waals surface area contributed by atoms with E-state index < -0.39 is 0 Å². The molecule has 3 heterocycles. The van der Waals surface area contributed by atoms with Crippen molar-refractivity contribution in [3.8, 4) is 0 Å². The molecule has 0 aliphatic heterocycles. The predicted octanol–water partition coefficient (Wildman–Crippen LogP) is 2.19. The van der Waals surface area contributed by atoms with Crippen molar-refractivity contribution >= 4 is 16.7 Å². The van der Waals surface area contributed by atoms with E-state index in [0.29, 0.717) is 42.3 Å². The zero-order chi connectivity index (χ0) is 24.2. The number of ether oxygens (including phenoxy) is 1. The van der Waals surface area contributed by atoms with Crippen LogP contribution in [0.4, 0.5) is 5.69 Å². The molecule has 5 rings (SSSR count). The van der Waals surface area contributed by atoms with Crippen molar-refractivity contribution in [1.82, 2.24) is 29.4 Å². The summed E-state index contributed by atoms with van der Waals surface area (Å²) >= 11 is 0. The van der Waals surface area contributed by atoms with Crippen LogP contribution in [0.15, 0.2) is 59.9 Å². The first-order valence-electron chi connectivity index (χ1n) is 12.0. The number of pyridine rings is 2. The Labute approximate surface area is 204 Å². The smallest absolute Gasteiger partial charge is 0.196 e. The first-order chi connectivity index (χ1) is 17.1. The van der Waals surface area contributed by atoms with Gasteiger partial charge in [-0.3, -0.25) is 4.79 Å². The molecule has 1 N–H and O–H groups in total. The molecule has 9 nitrogen and oxygen atoms in total. The van der Waals surface area contributed by atoms with E-state index in [2.05, 4.69) is 56.4 Å². The predicted molar refractivity (Wildman–Crippen MR) is 136 cm³/mol. The highest BCUT2D eigenvalue weighted by Crippen LogP contribution is 2.25. The lowest BCUT2D eigenvalue weighted by atomic mass is 10.1. The van der Waals surface area contributed by atoms with Crippen LogP contribution in [-0.4, -0.2) is 69.3 Å². The summed E-state index contributed by atoms with van der Waals surface area (Å²) in [5.74, 6) is 0. The van der Waals surface area contributed by atoms with Crippen molar-refractivity contribution < 1.29 is 4.74 Å². The third kappa shape index (κ3) is 5.26. The van der Waals surface area contributed by atoms with Gasteiger partial charge < -0.3 is 19.5 Å². The molecule has 35 heavy (non-hydrogen) atoms. The summed E-state index contributed by atoms with van der Waals surface area (Å²) in [6.45, 7) is 3.40. The fourth-order valence-corrected chi connectivity index (χ4v) is 4.72. The maximum atomic E-state index is 13.5. The molecule has 0 saturated carbocycles. The number of rotatable bonds is 10. The number of fused-ring (bicyclic) bond motifs is 2. The maximum Gasteiger partial charge on any atom is 0.196 e. The van der Waals surface area contributed by atoms with E-state index >= 15 is 0 Å². The van der Waals surface area contributed by atoms with E-state index in [1.807, 2.05) is 18.5 Å². The van der Waals surface area contributed by atoms with Crippen LogP contribution < -0.4 is 10.7 Å². The third-order valence-corrected chi connectivity index (χ3v) is 6.61. The lowest BCUT2D eigenvalue weighted by molar-refractivity contribution is 0.159. The molecule has 0 spiro atoms. The molecule has 0 fully saturated rings. The second-order valence-electron chi connectivity index (χ2n) is 9.19. The Morgan fingerprint density at radius 2 is 2.00 bits per heavy atom. The van der Waals surface area contributed by atoms with Gasteiger partial charge >= 0.3 is 0 Å². The largest absolute Gasteiger partial charge is 0.383 e. The van der Waals surface area contributed by atoms with Crippen LogP contribution in [0.2, 0.25) is 0 Å². The minimum atomic E-state index is -0.0228. The highest BCUT2D eigenvalue weighted by atomic mass is 16.5. The third-order valence-electron chi connectivity index (χ3n) is 6.61. The molecule has 9 heteroatoms. The van der Waals surface area contributed by atoms with Gasteiger partial charge in [0.05, 0.1) is 36.6 Å². The van der Waals surface area contributed by atoms with Gasteiger partial charge in [0.25, 0.3) is 0 Å². The van der Waals surface area contributed by atoms with E-state index in [1.54, 1.807) is 24.2 Å². The minimum absolute atomic E-state index is 0.0228. The molecule has 0 unspecified atom stereocenters. The van der Waals surface area contributed by atoms with Crippen molar-refractivity contribution in [2.24, 2.45) is 0 Å². The molecular weight excluding hydrogens is 442 g/mol. The number of aromatic nitrogens is 5. The zero-order valence-electron chi connectivity index (χ0n) is 20.2. The molecule has 1 aliphatic carbocycles. The lowest BCUT2D eigenvalue weighted by Crippen LogP contribution is -2.28. The van der Waals surface area contributed by atoms with Gasteiger partial charge in [0.2, 0.25) is 0 Å². The van der Waals surface area contributed by atoms with Crippen molar-refractivity contribution in [3.05, 3.63) is 82.0 Å². The van der Waals surface area contributed by atoms with Gasteiger partial charge in [-0.2, -0.15) is 0 Å². The summed E-state index contributed by atoms with van der Waals surface area (Å²) in [4.78, 5) is 20.4. The normalized spacial score (nSPS) is 13.6. The highest BCUT2D eigenvalue weighted by Gasteiger charge is 2.21. The summed E-state index contributed by atoms with van der Waals surface area (Å²) in [7, 11) is 3.77. The van der Waals surface area contributed by atoms with Crippen LogP contribution in [0.5, 0.6) is 0 Å². The molecule has 0 saturated heterocycles. The molecule has 1 aromatic carbocycles. The molecule has 3 aromatic heterocycles. The first-order valence-corrected chi connectivity index (χ1v) is 12.0. The number of benzene rings is 1. The van der Waals surface area contributed by atoms with Gasteiger partial charge in [-0.15, -0.1) is 5.10 Å². The van der Waals surface area contributed by atoms with E-state index in [1.165, 1.54) is 11.1 Å². The Balaban J connectivity index is 1.44. The Hall–Kier alpha value is -3.56. The van der Waals surface area contributed by atoms with Gasteiger partial charge in [0, 0.05) is 50.7 Å². The molecule has 0 amide bonds. The number of likely N-dealkylation sites (N-methyl/N-ethyl adjacent to an activating group) is 1. The van der Waals surface area contributed by atoms with Crippen molar-refractivity contribution in [1.29, 1.82) is 0 Å². The topological polar surface area (TPSA) is 90.1 Å². The molecule has 4 aromatic rings. The fourth-order valence-electron chi connectivity index (χ4n) is 4.72. The number of hydrogen-bond donors (Lipinski definition) is 1. The van der Waals surface area contributed by atoms with Gasteiger partial charge in [0.15, 0.2) is 5.43 Å². The Morgan fingerprint density at radius 3 is 2.71 bits per heavy atom. The summed E-state index contributed by atoms with van der Waals surface area (Å²) in [5.41, 5.74) is 4.97. The van der Waals surface area contributed by atoms with Crippen LogP contribution in [0.1, 0.15) is 16.7 Å². The van der Waals surface area contributed by atoms with Crippen LogP contribution in [-0.2, 0) is 30.7 Å². The molecular formula is C26H31N7O2. The van der Waals surface area contributed by atoms with E-state index in [4.69, 9.17) is 9.72 Å². The zero-order valence-corrected chi connectivity index (χ0v) is 20.2. The molecule has 0 radical (unpaired) electrons. The van der Waals surface area contributed by atoms with Gasteiger partial charge in [-0.05, 0) is 37.1 Å². The average molecular weight is 474 g/mol. The first kappa shape index (κ1) is 23.2. The molecule has 182 valence electrons. The van der Waals surface area contributed by atoms with Crippen molar-refractivity contribution in [3.63, 3.8) is 0 Å². The Kier molecular flexibility index (Phi) is 6.87. The van der Waals surface area contributed by atoms with E-state index in [-0.39, 0.29) is 5.43 Å². The van der Waals surface area contributed by atoms with Crippen molar-refractivity contribution in [2.75, 3.05) is 39.2 Å². The molecule has 0 bridgehead atoms. The number of anilines is 1. The highest BCUT2D eigenvalue weighted by molar-refractivity contribution is 5.79. The summed E-state index contributed by atoms with van der Waals surface area (Å²) < 4.78 is 8.93. The number of nitrogens with zero attached hydrogens (tertiary/aromatic N) is 6. The second kappa shape index (κ2) is 10.4. The van der Waals surface area contributed by atoms with Gasteiger partial charge in [-0.25, -0.2) is 9.67 Å². The number of methoxy groups -OCH3 is 1. The average Bonchev–Trinajstić information content (AvgIpc) is 3.53. The standard InChI is InChI=1S/C26H31N7O2/c1-31(11-12-35-2)9-10-32-17-21(18-33-8-7-28-30-33)25(34)24-15-23(16-27-26(24)32)29-22-13-19-5-3-4-6-20(19)14-22/h3-8,15-17,22,29H,9-14,18H2,1-2H3. The van der Waals surface area contributed by atoms with Gasteiger partial charge in [0.1, 0.15) is 5.65 Å². The lowest BCUT2D eigenvalue weighted by Gasteiger charge is -2.19. The molecule has 0 atom stereocenters. The summed E-state index contributed by atoms with van der Waals surface area (Å²) in [6, 6.07) is 10.8. The summed E-state index contributed by atoms with van der Waals surface area (Å²) in [5, 5.41) is 12.1. The van der Waals surface area contributed by atoms with E-state index in [0.717, 1.165) is 31.6 Å². The minimum Gasteiger partial charge on any atom is -0.383 e. The number of nitrogens with one attached hydrogen (secondary N) is 1. The van der Waals surface area contributed by atoms with E-state index in [9.17, 15) is 4.79 Å². The maximum absolute atomic E-state index is 13.5. The van der Waals surface area contributed by atoms with Gasteiger partial charge in [-0.1, -0.05) is 29.5 Å². The number of hydrogen-bond acceptors (Lipinski definition) is 7.